The van der Waals surface area contributed by atoms with Gasteiger partial charge in [-0.05, 0) is 42.8 Å². The molecule has 2 aromatic rings. The van der Waals surface area contributed by atoms with Gasteiger partial charge in [0.15, 0.2) is 0 Å². The lowest BCUT2D eigenvalue weighted by Crippen LogP contribution is -2.13. The Morgan fingerprint density at radius 3 is 2.35 bits per heavy atom. The van der Waals surface area contributed by atoms with E-state index in [1.165, 1.54) is 18.2 Å². The third-order valence-corrected chi connectivity index (χ3v) is 4.70. The Bertz CT molecular complexity index is 763. The summed E-state index contributed by atoms with van der Waals surface area (Å²) in [6, 6.07) is 8.14. The monoisotopic (exact) mass is 333 g/mol. The largest absolute Gasteiger partial charge is 0.280 e. The first-order valence-corrected chi connectivity index (χ1v) is 7.77. The summed E-state index contributed by atoms with van der Waals surface area (Å²) in [6.07, 6.45) is 0. The maximum atomic E-state index is 13.0. The Balaban J connectivity index is 2.38. The van der Waals surface area contributed by atoms with Gasteiger partial charge in [0.05, 0.1) is 15.7 Å². The van der Waals surface area contributed by atoms with Gasteiger partial charge in [-0.3, -0.25) is 4.72 Å². The highest BCUT2D eigenvalue weighted by Gasteiger charge is 2.18. The highest BCUT2D eigenvalue weighted by atomic mass is 35.5. The quantitative estimate of drug-likeness (QED) is 0.912. The molecule has 2 rings (SSSR count). The number of rotatable bonds is 3. The molecule has 7 heteroatoms. The van der Waals surface area contributed by atoms with Crippen LogP contribution < -0.4 is 4.72 Å². The van der Waals surface area contributed by atoms with Crippen molar-refractivity contribution in [3.05, 3.63) is 57.8 Å². The molecule has 0 radical (unpaired) electrons. The van der Waals surface area contributed by atoms with Crippen LogP contribution in [0.1, 0.15) is 5.56 Å². The van der Waals surface area contributed by atoms with Crippen molar-refractivity contribution in [2.75, 3.05) is 4.72 Å². The molecule has 0 heterocycles. The summed E-state index contributed by atoms with van der Waals surface area (Å²) in [5, 5.41) is -0.0501. The minimum Gasteiger partial charge on any atom is -0.280 e. The number of sulfonamides is 1. The highest BCUT2D eigenvalue weighted by molar-refractivity contribution is 7.92. The van der Waals surface area contributed by atoms with E-state index in [1.807, 2.05) is 0 Å². The zero-order valence-corrected chi connectivity index (χ0v) is 12.7. The Labute approximate surface area is 126 Å². The molecule has 0 aromatic heterocycles. The zero-order valence-electron chi connectivity index (χ0n) is 10.3. The van der Waals surface area contributed by atoms with Crippen LogP contribution >= 0.6 is 23.2 Å². The van der Waals surface area contributed by atoms with Gasteiger partial charge < -0.3 is 0 Å². The van der Waals surface area contributed by atoms with Gasteiger partial charge in [-0.2, -0.15) is 0 Å². The van der Waals surface area contributed by atoms with Crippen LogP contribution in [0.25, 0.3) is 0 Å². The molecule has 0 unspecified atom stereocenters. The molecule has 0 saturated carbocycles. The average molecular weight is 334 g/mol. The molecule has 0 aliphatic carbocycles. The van der Waals surface area contributed by atoms with Crippen LogP contribution in [0, 0.1) is 12.7 Å². The topological polar surface area (TPSA) is 46.2 Å². The van der Waals surface area contributed by atoms with Gasteiger partial charge in [-0.25, -0.2) is 12.8 Å². The summed E-state index contributed by atoms with van der Waals surface area (Å²) in [5.74, 6) is -0.622. The van der Waals surface area contributed by atoms with Crippen molar-refractivity contribution in [2.45, 2.75) is 11.8 Å². The van der Waals surface area contributed by atoms with Gasteiger partial charge in [0.25, 0.3) is 10.0 Å². The second-order valence-corrected chi connectivity index (χ2v) is 6.63. The number of halogens is 3. The Morgan fingerprint density at radius 1 is 1.05 bits per heavy atom. The van der Waals surface area contributed by atoms with Gasteiger partial charge in [-0.1, -0.05) is 29.3 Å². The van der Waals surface area contributed by atoms with Crippen LogP contribution in [0.2, 0.25) is 10.0 Å². The second-order valence-electron chi connectivity index (χ2n) is 4.17. The number of aryl methyl sites for hydroxylation is 1. The minimum absolute atomic E-state index is 0.0507. The lowest BCUT2D eigenvalue weighted by molar-refractivity contribution is 0.601. The van der Waals surface area contributed by atoms with E-state index in [9.17, 15) is 12.8 Å². The second kappa shape index (κ2) is 5.60. The Kier molecular flexibility index (Phi) is 4.22. The van der Waals surface area contributed by atoms with Gasteiger partial charge in [0.1, 0.15) is 10.7 Å². The molecule has 0 fully saturated rings. The SMILES string of the molecule is Cc1ccc(S(=O)(=O)Nc2ccc(F)c(Cl)c2)c(Cl)c1. The summed E-state index contributed by atoms with van der Waals surface area (Å²) < 4.78 is 39.7. The molecule has 0 aliphatic rings. The summed E-state index contributed by atoms with van der Waals surface area (Å²) in [7, 11) is -3.85. The fourth-order valence-corrected chi connectivity index (χ4v) is 3.42. The molecule has 3 nitrogen and oxygen atoms in total. The first-order valence-electron chi connectivity index (χ1n) is 5.53. The van der Waals surface area contributed by atoms with Crippen LogP contribution in [0.15, 0.2) is 41.3 Å². The van der Waals surface area contributed by atoms with Crippen molar-refractivity contribution < 1.29 is 12.8 Å². The fraction of sp³-hybridized carbons (Fsp3) is 0.0769. The van der Waals surface area contributed by atoms with Crippen LogP contribution in [0.3, 0.4) is 0 Å². The van der Waals surface area contributed by atoms with Gasteiger partial charge in [-0.15, -0.1) is 0 Å². The van der Waals surface area contributed by atoms with E-state index < -0.39 is 15.8 Å². The maximum absolute atomic E-state index is 13.0. The molecule has 0 bridgehead atoms. The van der Waals surface area contributed by atoms with Crippen molar-refractivity contribution in [3.8, 4) is 0 Å². The number of benzene rings is 2. The van der Waals surface area contributed by atoms with Crippen molar-refractivity contribution in [2.24, 2.45) is 0 Å². The predicted octanol–water partition coefficient (Wildman–Crippen LogP) is 4.24. The predicted molar refractivity (Wildman–Crippen MR) is 78.4 cm³/mol. The van der Waals surface area contributed by atoms with Crippen LogP contribution in [0.4, 0.5) is 10.1 Å². The van der Waals surface area contributed by atoms with E-state index in [0.29, 0.717) is 0 Å². The van der Waals surface area contributed by atoms with Crippen LogP contribution in [-0.4, -0.2) is 8.42 Å². The van der Waals surface area contributed by atoms with E-state index in [-0.39, 0.29) is 20.6 Å². The van der Waals surface area contributed by atoms with E-state index in [4.69, 9.17) is 23.2 Å². The molecule has 0 spiro atoms. The zero-order chi connectivity index (χ0) is 14.9. The van der Waals surface area contributed by atoms with E-state index in [0.717, 1.165) is 11.6 Å². The molecule has 0 saturated heterocycles. The lowest BCUT2D eigenvalue weighted by Gasteiger charge is -2.10. The first kappa shape index (κ1) is 15.1. The third-order valence-electron chi connectivity index (χ3n) is 2.55. The van der Waals surface area contributed by atoms with Gasteiger partial charge >= 0.3 is 0 Å². The number of anilines is 1. The number of hydrogen-bond donors (Lipinski definition) is 1. The summed E-state index contributed by atoms with van der Waals surface area (Å²) in [6.45, 7) is 1.80. The van der Waals surface area contributed by atoms with Crippen LogP contribution in [-0.2, 0) is 10.0 Å². The number of nitrogens with one attached hydrogen (secondary N) is 1. The van der Waals surface area contributed by atoms with Gasteiger partial charge in [0, 0.05) is 0 Å². The molecule has 0 aliphatic heterocycles. The van der Waals surface area contributed by atoms with Crippen molar-refractivity contribution >= 4 is 38.9 Å². The Hall–Kier alpha value is -1.30. The van der Waals surface area contributed by atoms with Crippen molar-refractivity contribution in [1.82, 2.24) is 0 Å². The van der Waals surface area contributed by atoms with E-state index in [2.05, 4.69) is 4.72 Å². The molecular weight excluding hydrogens is 324 g/mol. The summed E-state index contributed by atoms with van der Waals surface area (Å²) >= 11 is 11.5. The summed E-state index contributed by atoms with van der Waals surface area (Å²) in [5.41, 5.74) is 1.01. The molecule has 0 amide bonds. The first-order chi connectivity index (χ1) is 9.29. The molecule has 20 heavy (non-hydrogen) atoms. The van der Waals surface area contributed by atoms with Crippen molar-refractivity contribution in [1.29, 1.82) is 0 Å². The van der Waals surface area contributed by atoms with Crippen LogP contribution in [0.5, 0.6) is 0 Å². The number of hydrogen-bond acceptors (Lipinski definition) is 2. The fourth-order valence-electron chi connectivity index (χ4n) is 1.59. The smallest absolute Gasteiger partial charge is 0.263 e. The standard InChI is InChI=1S/C13H10Cl2FNO2S/c1-8-2-5-13(11(15)6-8)20(18,19)17-9-3-4-12(16)10(14)7-9/h2-7,17H,1H3. The molecule has 0 atom stereocenters. The summed E-state index contributed by atoms with van der Waals surface area (Å²) in [4.78, 5) is -0.0507. The maximum Gasteiger partial charge on any atom is 0.263 e. The van der Waals surface area contributed by atoms with Gasteiger partial charge in [0.2, 0.25) is 0 Å². The van der Waals surface area contributed by atoms with E-state index >= 15 is 0 Å². The third kappa shape index (κ3) is 3.23. The lowest BCUT2D eigenvalue weighted by atomic mass is 10.2. The molecular formula is C13H10Cl2FNO2S. The van der Waals surface area contributed by atoms with Crippen molar-refractivity contribution in [3.63, 3.8) is 0 Å². The molecule has 106 valence electrons. The Morgan fingerprint density at radius 2 is 1.75 bits per heavy atom. The molecule has 2 aromatic carbocycles. The van der Waals surface area contributed by atoms with E-state index in [1.54, 1.807) is 19.1 Å². The normalized spacial score (nSPS) is 11.4. The molecule has 1 N–H and O–H groups in total. The minimum atomic E-state index is -3.85. The average Bonchev–Trinajstić information content (AvgIpc) is 2.33. The highest BCUT2D eigenvalue weighted by Crippen LogP contribution is 2.26.